The quantitative estimate of drug-likeness (QED) is 0.0321. The molecule has 386 valence electrons. The van der Waals surface area contributed by atoms with E-state index in [1.54, 1.807) is 0 Å². The molecule has 3 atom stereocenters. The second kappa shape index (κ2) is 53.8. The number of nitrogens with one attached hydrogen (secondary N) is 1. The Hall–Kier alpha value is -2.18. The van der Waals surface area contributed by atoms with Crippen LogP contribution in [0.3, 0.4) is 0 Å². The first-order chi connectivity index (χ1) is 32.5. The smallest absolute Gasteiger partial charge is 0.306 e. The molecule has 0 rings (SSSR count). The van der Waals surface area contributed by atoms with Gasteiger partial charge in [-0.2, -0.15) is 0 Å². The molecule has 0 saturated heterocycles. The van der Waals surface area contributed by atoms with E-state index in [0.29, 0.717) is 19.3 Å². The summed E-state index contributed by atoms with van der Waals surface area (Å²) in [4.78, 5) is 26.3. The zero-order valence-electron chi connectivity index (χ0n) is 44.1. The van der Waals surface area contributed by atoms with E-state index in [4.69, 9.17) is 4.74 Å². The summed E-state index contributed by atoms with van der Waals surface area (Å²) in [6.45, 7) is 6.45. The van der Waals surface area contributed by atoms with E-state index < -0.39 is 18.2 Å². The van der Waals surface area contributed by atoms with Gasteiger partial charge in [-0.3, -0.25) is 9.59 Å². The van der Waals surface area contributed by atoms with Crippen LogP contribution in [0, 0.1) is 0 Å². The van der Waals surface area contributed by atoms with E-state index in [-0.39, 0.29) is 24.9 Å². The van der Waals surface area contributed by atoms with E-state index in [9.17, 15) is 19.8 Å². The number of hydrogen-bond acceptors (Lipinski definition) is 5. The van der Waals surface area contributed by atoms with Crippen molar-refractivity contribution in [2.75, 3.05) is 6.61 Å². The molecule has 0 aliphatic carbocycles. The molecule has 6 nitrogen and oxygen atoms in total. The Morgan fingerprint density at radius 2 is 0.773 bits per heavy atom. The average molecular weight is 927 g/mol. The Morgan fingerprint density at radius 1 is 0.439 bits per heavy atom. The molecule has 0 aromatic heterocycles. The number of rotatable bonds is 52. The van der Waals surface area contributed by atoms with Gasteiger partial charge in [0.2, 0.25) is 5.91 Å². The molecule has 0 bridgehead atoms. The van der Waals surface area contributed by atoms with Crippen LogP contribution in [0.4, 0.5) is 0 Å². The van der Waals surface area contributed by atoms with Gasteiger partial charge in [-0.05, 0) is 89.9 Å². The highest BCUT2D eigenvalue weighted by molar-refractivity contribution is 5.77. The average Bonchev–Trinajstić information content (AvgIpc) is 3.31. The number of hydrogen-bond donors (Lipinski definition) is 3. The van der Waals surface area contributed by atoms with Gasteiger partial charge in [0.15, 0.2) is 0 Å². The van der Waals surface area contributed by atoms with Crippen molar-refractivity contribution in [3.63, 3.8) is 0 Å². The van der Waals surface area contributed by atoms with E-state index >= 15 is 0 Å². The van der Waals surface area contributed by atoms with Gasteiger partial charge in [-0.25, -0.2) is 0 Å². The molecule has 1 amide bonds. The third kappa shape index (κ3) is 48.3. The summed E-state index contributed by atoms with van der Waals surface area (Å²) in [7, 11) is 0. The molecule has 3 N–H and O–H groups in total. The molecule has 0 aliphatic rings. The van der Waals surface area contributed by atoms with Crippen molar-refractivity contribution < 1.29 is 24.5 Å². The Balaban J connectivity index is 4.56. The van der Waals surface area contributed by atoms with Crippen LogP contribution in [0.2, 0.25) is 0 Å². The summed E-state index contributed by atoms with van der Waals surface area (Å²) < 4.78 is 5.96. The molecule has 0 spiro atoms. The molecule has 0 aromatic carbocycles. The maximum atomic E-state index is 13.3. The molecule has 0 radical (unpaired) electrons. The van der Waals surface area contributed by atoms with Gasteiger partial charge in [-0.1, -0.05) is 243 Å². The van der Waals surface area contributed by atoms with Crippen LogP contribution in [0.15, 0.2) is 48.6 Å². The lowest BCUT2D eigenvalue weighted by molar-refractivity contribution is -0.151. The zero-order valence-corrected chi connectivity index (χ0v) is 44.1. The Labute approximate surface area is 410 Å². The van der Waals surface area contributed by atoms with Gasteiger partial charge >= 0.3 is 5.97 Å². The fraction of sp³-hybridized carbons (Fsp3) is 0.833. The van der Waals surface area contributed by atoms with Gasteiger partial charge in [0.25, 0.3) is 0 Å². The van der Waals surface area contributed by atoms with E-state index in [1.807, 2.05) is 0 Å². The highest BCUT2D eigenvalue weighted by atomic mass is 16.5. The summed E-state index contributed by atoms with van der Waals surface area (Å²) in [6, 6.07) is -0.707. The lowest BCUT2D eigenvalue weighted by Crippen LogP contribution is -2.46. The number of esters is 1. The summed E-state index contributed by atoms with van der Waals surface area (Å²) in [5.74, 6) is -0.482. The predicted molar refractivity (Wildman–Crippen MR) is 287 cm³/mol. The predicted octanol–water partition coefficient (Wildman–Crippen LogP) is 17.8. The van der Waals surface area contributed by atoms with Crippen LogP contribution in [-0.4, -0.2) is 46.9 Å². The normalized spacial score (nSPS) is 13.5. The Kier molecular flexibility index (Phi) is 52.0. The number of carbonyl (C=O) groups is 2. The van der Waals surface area contributed by atoms with Crippen molar-refractivity contribution in [2.45, 2.75) is 315 Å². The maximum absolute atomic E-state index is 13.3. The second-order valence-corrected chi connectivity index (χ2v) is 19.7. The van der Waals surface area contributed by atoms with Crippen LogP contribution in [0.5, 0.6) is 0 Å². The first kappa shape index (κ1) is 63.8. The Morgan fingerprint density at radius 3 is 1.18 bits per heavy atom. The molecule has 3 unspecified atom stereocenters. The van der Waals surface area contributed by atoms with Crippen molar-refractivity contribution in [3.05, 3.63) is 48.6 Å². The molecule has 66 heavy (non-hydrogen) atoms. The van der Waals surface area contributed by atoms with Crippen LogP contribution >= 0.6 is 0 Å². The number of carbonyl (C=O) groups excluding carboxylic acids is 2. The van der Waals surface area contributed by atoms with Gasteiger partial charge < -0.3 is 20.3 Å². The topological polar surface area (TPSA) is 95.9 Å². The van der Waals surface area contributed by atoms with Gasteiger partial charge in [0.1, 0.15) is 6.10 Å². The summed E-state index contributed by atoms with van der Waals surface area (Å²) in [6.07, 6.45) is 66.0. The lowest BCUT2D eigenvalue weighted by Gasteiger charge is -2.24. The fourth-order valence-corrected chi connectivity index (χ4v) is 8.73. The number of ether oxygens (including phenoxy) is 1. The van der Waals surface area contributed by atoms with Crippen LogP contribution in [0.25, 0.3) is 0 Å². The van der Waals surface area contributed by atoms with Crippen molar-refractivity contribution in [2.24, 2.45) is 0 Å². The summed E-state index contributed by atoms with van der Waals surface area (Å²) in [5.41, 5.74) is 0. The monoisotopic (exact) mass is 926 g/mol. The number of unbranched alkanes of at least 4 members (excludes halogenated alkanes) is 32. The molecule has 0 aromatic rings. The van der Waals surface area contributed by atoms with E-state index in [1.165, 1.54) is 173 Å². The van der Waals surface area contributed by atoms with Crippen LogP contribution in [0.1, 0.15) is 297 Å². The van der Waals surface area contributed by atoms with Crippen molar-refractivity contribution in [1.29, 1.82) is 0 Å². The molecule has 0 saturated carbocycles. The molecule has 0 fully saturated rings. The highest BCUT2D eigenvalue weighted by Gasteiger charge is 2.24. The van der Waals surface area contributed by atoms with Crippen molar-refractivity contribution in [1.82, 2.24) is 5.32 Å². The highest BCUT2D eigenvalue weighted by Crippen LogP contribution is 2.18. The van der Waals surface area contributed by atoms with Gasteiger partial charge in [-0.15, -0.1) is 0 Å². The van der Waals surface area contributed by atoms with Gasteiger partial charge in [0, 0.05) is 6.42 Å². The van der Waals surface area contributed by atoms with Crippen LogP contribution < -0.4 is 5.32 Å². The summed E-state index contributed by atoms with van der Waals surface area (Å²) >= 11 is 0. The van der Waals surface area contributed by atoms with E-state index in [2.05, 4.69) is 74.7 Å². The molecule has 6 heteroatoms. The number of amides is 1. The second-order valence-electron chi connectivity index (χ2n) is 19.7. The fourth-order valence-electron chi connectivity index (χ4n) is 8.73. The van der Waals surface area contributed by atoms with Crippen molar-refractivity contribution in [3.8, 4) is 0 Å². The number of aliphatic hydroxyl groups excluding tert-OH is 2. The summed E-state index contributed by atoms with van der Waals surface area (Å²) in [5, 5.41) is 23.9. The number of aliphatic hydroxyl groups is 2. The third-order valence-corrected chi connectivity index (χ3v) is 13.1. The molecule has 0 heterocycles. The minimum atomic E-state index is -0.792. The van der Waals surface area contributed by atoms with Gasteiger partial charge in [0.05, 0.1) is 25.2 Å². The standard InChI is InChI=1S/C60H111NO5/c1-4-7-10-13-16-19-22-25-27-28-29-30-32-35-38-41-44-47-50-53-60(65)66-56(51-48-45-42-39-36-34-31-26-23-20-17-14-11-8-5-2)54-59(64)61-57(55-62)58(63)52-49-46-43-40-37-33-24-21-18-15-12-9-6-3/h16-17,19-20,25-27,31,56-58,62-63H,4-15,18,21-24,28-30,32-55H2,1-3H3,(H,61,64)/b19-16-,20-17-,27-25-,31-26-. The Bertz CT molecular complexity index is 1130. The minimum Gasteiger partial charge on any atom is -0.462 e. The lowest BCUT2D eigenvalue weighted by atomic mass is 10.0. The first-order valence-electron chi connectivity index (χ1n) is 28.9. The third-order valence-electron chi connectivity index (χ3n) is 13.1. The zero-order chi connectivity index (χ0) is 48.1. The molecular weight excluding hydrogens is 815 g/mol. The molecule has 0 aliphatic heterocycles. The maximum Gasteiger partial charge on any atom is 0.306 e. The van der Waals surface area contributed by atoms with E-state index in [0.717, 1.165) is 77.0 Å². The SMILES string of the molecule is CCCCC/C=C\C/C=C\CCCCCCCCCCCC(=O)OC(CCCCCCC/C=C\C/C=C\CCCCC)CC(=O)NC(CO)C(O)CCCCCCCCCCCCCCC. The minimum absolute atomic E-state index is 0.0678. The molecular formula is C60H111NO5. The largest absolute Gasteiger partial charge is 0.462 e. The van der Waals surface area contributed by atoms with Crippen LogP contribution in [-0.2, 0) is 14.3 Å². The van der Waals surface area contributed by atoms with Crippen molar-refractivity contribution >= 4 is 11.9 Å². The first-order valence-corrected chi connectivity index (χ1v) is 28.9. The number of allylic oxidation sites excluding steroid dienone is 8.